The smallest absolute Gasteiger partial charge is 0.251 e. The number of hydrogen-bond acceptors (Lipinski definition) is 5. The second kappa shape index (κ2) is 8.61. The van der Waals surface area contributed by atoms with Crippen LogP contribution in [0.4, 0.5) is 5.82 Å². The molecule has 1 atom stereocenters. The van der Waals surface area contributed by atoms with Crippen molar-refractivity contribution in [2.24, 2.45) is 0 Å². The number of hydrogen-bond donors (Lipinski definition) is 1. The van der Waals surface area contributed by atoms with E-state index in [1.165, 1.54) is 0 Å². The monoisotopic (exact) mass is 375 g/mol. The molecule has 0 unspecified atom stereocenters. The maximum absolute atomic E-state index is 12.6. The third kappa shape index (κ3) is 4.52. The van der Waals surface area contributed by atoms with Crippen LogP contribution in [0.2, 0.25) is 0 Å². The van der Waals surface area contributed by atoms with E-state index in [0.29, 0.717) is 12.0 Å². The van der Waals surface area contributed by atoms with Crippen LogP contribution in [0.5, 0.6) is 0 Å². The van der Waals surface area contributed by atoms with Gasteiger partial charge in [0, 0.05) is 62.0 Å². The predicted molar refractivity (Wildman–Crippen MR) is 111 cm³/mol. The fourth-order valence-corrected chi connectivity index (χ4v) is 3.02. The number of nitrogens with zero attached hydrogens (tertiary/aromatic N) is 4. The van der Waals surface area contributed by atoms with Gasteiger partial charge in [-0.1, -0.05) is 18.2 Å². The van der Waals surface area contributed by atoms with E-state index in [-0.39, 0.29) is 11.9 Å². The van der Waals surface area contributed by atoms with E-state index in [2.05, 4.69) is 20.3 Å². The van der Waals surface area contributed by atoms with Gasteiger partial charge in [0.05, 0.1) is 0 Å². The Morgan fingerprint density at radius 2 is 1.75 bits per heavy atom. The van der Waals surface area contributed by atoms with E-state index >= 15 is 0 Å². The molecule has 0 fully saturated rings. The predicted octanol–water partition coefficient (Wildman–Crippen LogP) is 3.27. The summed E-state index contributed by atoms with van der Waals surface area (Å²) in [5, 5.41) is 3.05. The number of carbonyl (C=O) groups excluding carboxylic acids is 1. The van der Waals surface area contributed by atoms with Crippen LogP contribution in [0.25, 0.3) is 11.3 Å². The second-order valence-electron chi connectivity index (χ2n) is 7.05. The van der Waals surface area contributed by atoms with Crippen LogP contribution in [-0.4, -0.2) is 41.0 Å². The summed E-state index contributed by atoms with van der Waals surface area (Å²) in [5.74, 6) is 0.693. The van der Waals surface area contributed by atoms with Gasteiger partial charge in [-0.25, -0.2) is 4.98 Å². The molecular weight excluding hydrogens is 350 g/mol. The Morgan fingerprint density at radius 1 is 1.04 bits per heavy atom. The summed E-state index contributed by atoms with van der Waals surface area (Å²) >= 11 is 0. The number of benzene rings is 1. The lowest BCUT2D eigenvalue weighted by atomic mass is 10.1. The zero-order valence-corrected chi connectivity index (χ0v) is 16.7. The van der Waals surface area contributed by atoms with E-state index in [1.807, 2.05) is 69.2 Å². The van der Waals surface area contributed by atoms with E-state index in [0.717, 1.165) is 28.3 Å². The Bertz CT molecular complexity index is 953. The van der Waals surface area contributed by atoms with Gasteiger partial charge in [-0.15, -0.1) is 0 Å². The highest BCUT2D eigenvalue weighted by Gasteiger charge is 2.14. The summed E-state index contributed by atoms with van der Waals surface area (Å²) in [6.07, 6.45) is 5.82. The van der Waals surface area contributed by atoms with Crippen LogP contribution < -0.4 is 10.2 Å². The summed E-state index contributed by atoms with van der Waals surface area (Å²) in [7, 11) is 3.86. The molecule has 6 heteroatoms. The van der Waals surface area contributed by atoms with Crippen LogP contribution in [0, 0.1) is 6.92 Å². The highest BCUT2D eigenvalue weighted by atomic mass is 16.1. The van der Waals surface area contributed by atoms with Crippen molar-refractivity contribution in [3.05, 3.63) is 71.8 Å². The van der Waals surface area contributed by atoms with Gasteiger partial charge in [0.15, 0.2) is 5.82 Å². The Hall–Kier alpha value is -3.28. The van der Waals surface area contributed by atoms with Gasteiger partial charge in [0.2, 0.25) is 0 Å². The number of carbonyl (C=O) groups is 1. The van der Waals surface area contributed by atoms with E-state index in [1.54, 1.807) is 18.6 Å². The Morgan fingerprint density at radius 3 is 2.43 bits per heavy atom. The molecule has 1 N–H and O–H groups in total. The lowest BCUT2D eigenvalue weighted by Crippen LogP contribution is -2.34. The summed E-state index contributed by atoms with van der Waals surface area (Å²) in [5.41, 5.74) is 4.46. The van der Waals surface area contributed by atoms with E-state index in [4.69, 9.17) is 0 Å². The summed E-state index contributed by atoms with van der Waals surface area (Å²) in [6, 6.07) is 11.4. The van der Waals surface area contributed by atoms with Gasteiger partial charge in [0.1, 0.15) is 5.69 Å². The molecule has 0 spiro atoms. The summed E-state index contributed by atoms with van der Waals surface area (Å²) < 4.78 is 0. The minimum absolute atomic E-state index is 0.0129. The molecule has 0 saturated heterocycles. The normalized spacial score (nSPS) is 11.7. The van der Waals surface area contributed by atoms with Crippen molar-refractivity contribution in [2.75, 3.05) is 19.0 Å². The third-order valence-electron chi connectivity index (χ3n) is 4.52. The second-order valence-corrected chi connectivity index (χ2v) is 7.05. The Balaban J connectivity index is 1.70. The molecule has 0 radical (unpaired) electrons. The van der Waals surface area contributed by atoms with E-state index < -0.39 is 0 Å². The number of nitrogens with one attached hydrogen (secondary N) is 1. The van der Waals surface area contributed by atoms with Gasteiger partial charge in [-0.3, -0.25) is 14.8 Å². The van der Waals surface area contributed by atoms with Crippen molar-refractivity contribution in [1.29, 1.82) is 0 Å². The highest BCUT2D eigenvalue weighted by molar-refractivity contribution is 5.95. The number of rotatable bonds is 6. The lowest BCUT2D eigenvalue weighted by molar-refractivity contribution is 0.0940. The molecule has 1 amide bonds. The number of pyridine rings is 1. The quantitative estimate of drug-likeness (QED) is 0.716. The van der Waals surface area contributed by atoms with Gasteiger partial charge < -0.3 is 10.2 Å². The number of anilines is 1. The van der Waals surface area contributed by atoms with Crippen LogP contribution in [0.3, 0.4) is 0 Å². The maximum Gasteiger partial charge on any atom is 0.251 e. The Labute approximate surface area is 165 Å². The molecule has 144 valence electrons. The molecule has 2 heterocycles. The SMILES string of the molecule is Cc1cccnc1C[C@@H](C)NC(=O)c1ccc(-c2nccnc2N(C)C)cc1. The van der Waals surface area contributed by atoms with Gasteiger partial charge in [-0.2, -0.15) is 0 Å². The van der Waals surface area contributed by atoms with Crippen LogP contribution in [0.1, 0.15) is 28.5 Å². The summed E-state index contributed by atoms with van der Waals surface area (Å²) in [4.78, 5) is 27.7. The average molecular weight is 375 g/mol. The van der Waals surface area contributed by atoms with Crippen molar-refractivity contribution in [2.45, 2.75) is 26.3 Å². The maximum atomic E-state index is 12.6. The first-order chi connectivity index (χ1) is 13.5. The third-order valence-corrected chi connectivity index (χ3v) is 4.52. The fraction of sp³-hybridized carbons (Fsp3) is 0.273. The molecule has 6 nitrogen and oxygen atoms in total. The first kappa shape index (κ1) is 19.5. The van der Waals surface area contributed by atoms with E-state index in [9.17, 15) is 4.79 Å². The molecule has 2 aromatic heterocycles. The Kier molecular flexibility index (Phi) is 5.99. The van der Waals surface area contributed by atoms with Crippen molar-refractivity contribution < 1.29 is 4.79 Å². The van der Waals surface area contributed by atoms with Crippen molar-refractivity contribution in [3.63, 3.8) is 0 Å². The molecule has 3 aromatic rings. The van der Waals surface area contributed by atoms with Crippen molar-refractivity contribution >= 4 is 11.7 Å². The molecular formula is C22H25N5O. The fourth-order valence-electron chi connectivity index (χ4n) is 3.02. The molecule has 0 aliphatic rings. The molecule has 1 aromatic carbocycles. The zero-order chi connectivity index (χ0) is 20.1. The molecule has 28 heavy (non-hydrogen) atoms. The van der Waals surface area contributed by atoms with Gasteiger partial charge in [0.25, 0.3) is 5.91 Å². The van der Waals surface area contributed by atoms with Crippen molar-refractivity contribution in [1.82, 2.24) is 20.3 Å². The minimum Gasteiger partial charge on any atom is -0.361 e. The lowest BCUT2D eigenvalue weighted by Gasteiger charge is -2.16. The minimum atomic E-state index is -0.0976. The number of aromatic nitrogens is 3. The first-order valence-corrected chi connectivity index (χ1v) is 9.26. The van der Waals surface area contributed by atoms with Gasteiger partial charge >= 0.3 is 0 Å². The summed E-state index contributed by atoms with van der Waals surface area (Å²) in [6.45, 7) is 4.02. The van der Waals surface area contributed by atoms with Crippen molar-refractivity contribution in [3.8, 4) is 11.3 Å². The van der Waals surface area contributed by atoms with Crippen LogP contribution in [-0.2, 0) is 6.42 Å². The molecule has 0 bridgehead atoms. The average Bonchev–Trinajstić information content (AvgIpc) is 2.69. The molecule has 3 rings (SSSR count). The molecule has 0 aliphatic heterocycles. The first-order valence-electron chi connectivity index (χ1n) is 9.26. The molecule has 0 aliphatic carbocycles. The van der Waals surface area contributed by atoms with Crippen LogP contribution in [0.15, 0.2) is 55.0 Å². The highest BCUT2D eigenvalue weighted by Crippen LogP contribution is 2.25. The number of aryl methyl sites for hydroxylation is 1. The molecule has 0 saturated carbocycles. The van der Waals surface area contributed by atoms with Gasteiger partial charge in [-0.05, 0) is 37.6 Å². The van der Waals surface area contributed by atoms with Crippen LogP contribution >= 0.6 is 0 Å². The topological polar surface area (TPSA) is 71.0 Å². The largest absolute Gasteiger partial charge is 0.361 e. The zero-order valence-electron chi connectivity index (χ0n) is 16.7. The standard InChI is InChI=1S/C22H25N5O/c1-15-6-5-11-23-19(15)14-16(2)26-22(28)18-9-7-17(8-10-18)20-21(27(3)4)25-13-12-24-20/h5-13,16H,14H2,1-4H3,(H,26,28)/t16-/m1/s1. The number of amides is 1.